The minimum atomic E-state index is -0.393. The lowest BCUT2D eigenvalue weighted by Gasteiger charge is -2.13. The van der Waals surface area contributed by atoms with Crippen molar-refractivity contribution in [1.29, 1.82) is 0 Å². The molecular formula is C16H25NO3. The molecule has 1 aromatic rings. The van der Waals surface area contributed by atoms with Gasteiger partial charge in [-0.05, 0) is 51.8 Å². The van der Waals surface area contributed by atoms with Crippen molar-refractivity contribution in [2.75, 3.05) is 13.2 Å². The van der Waals surface area contributed by atoms with Gasteiger partial charge in [-0.25, -0.2) is 0 Å². The van der Waals surface area contributed by atoms with E-state index in [4.69, 9.17) is 9.47 Å². The van der Waals surface area contributed by atoms with E-state index in [0.29, 0.717) is 13.2 Å². The Bertz CT molecular complexity index is 418. The quantitative estimate of drug-likeness (QED) is 0.795. The third-order valence-corrected chi connectivity index (χ3v) is 2.77. The maximum Gasteiger partial charge on any atom is 0.248 e. The van der Waals surface area contributed by atoms with Crippen LogP contribution in [0.1, 0.15) is 33.3 Å². The van der Waals surface area contributed by atoms with E-state index in [1.807, 2.05) is 45.0 Å². The Morgan fingerprint density at radius 1 is 1.30 bits per heavy atom. The first-order chi connectivity index (χ1) is 9.52. The van der Waals surface area contributed by atoms with Gasteiger partial charge in [-0.1, -0.05) is 12.1 Å². The van der Waals surface area contributed by atoms with Gasteiger partial charge >= 0.3 is 0 Å². The van der Waals surface area contributed by atoms with Crippen LogP contribution < -0.4 is 10.1 Å². The van der Waals surface area contributed by atoms with E-state index in [1.54, 1.807) is 6.92 Å². The van der Waals surface area contributed by atoms with Crippen LogP contribution in [0, 0.1) is 0 Å². The van der Waals surface area contributed by atoms with Gasteiger partial charge < -0.3 is 14.8 Å². The molecule has 0 radical (unpaired) electrons. The number of ether oxygens (including phenoxy) is 2. The lowest BCUT2D eigenvalue weighted by Crippen LogP contribution is -2.35. The number of carbonyl (C=O) groups is 1. The molecule has 112 valence electrons. The number of benzene rings is 1. The molecule has 0 saturated heterocycles. The Balaban J connectivity index is 2.40. The lowest BCUT2D eigenvalue weighted by atomic mass is 10.1. The van der Waals surface area contributed by atoms with Crippen molar-refractivity contribution in [3.63, 3.8) is 0 Å². The molecule has 4 nitrogen and oxygen atoms in total. The summed E-state index contributed by atoms with van der Waals surface area (Å²) in [5.74, 6) is 0.799. The fourth-order valence-electron chi connectivity index (χ4n) is 1.85. The van der Waals surface area contributed by atoms with Gasteiger partial charge in [0.1, 0.15) is 11.9 Å². The van der Waals surface area contributed by atoms with Gasteiger partial charge in [0.25, 0.3) is 0 Å². The van der Waals surface area contributed by atoms with Crippen LogP contribution in [0.25, 0.3) is 0 Å². The zero-order valence-corrected chi connectivity index (χ0v) is 12.8. The number of nitrogens with one attached hydrogen (secondary N) is 1. The SMILES string of the molecule is CCOC(C)C(=O)NCCc1cccc(OC(C)C)c1. The minimum Gasteiger partial charge on any atom is -0.491 e. The molecular weight excluding hydrogens is 254 g/mol. The number of amides is 1. The molecule has 1 amide bonds. The van der Waals surface area contributed by atoms with E-state index in [2.05, 4.69) is 5.32 Å². The van der Waals surface area contributed by atoms with E-state index >= 15 is 0 Å². The molecule has 1 unspecified atom stereocenters. The second-order valence-electron chi connectivity index (χ2n) is 4.95. The summed E-state index contributed by atoms with van der Waals surface area (Å²) in [5.41, 5.74) is 1.15. The summed E-state index contributed by atoms with van der Waals surface area (Å²) in [7, 11) is 0. The predicted molar refractivity (Wildman–Crippen MR) is 80.0 cm³/mol. The molecule has 4 heteroatoms. The van der Waals surface area contributed by atoms with E-state index in [9.17, 15) is 4.79 Å². The Kier molecular flexibility index (Phi) is 7.09. The van der Waals surface area contributed by atoms with Gasteiger partial charge in [0, 0.05) is 13.2 Å². The Morgan fingerprint density at radius 2 is 2.05 bits per heavy atom. The molecule has 0 saturated carbocycles. The zero-order valence-electron chi connectivity index (χ0n) is 12.8. The zero-order chi connectivity index (χ0) is 15.0. The fraction of sp³-hybridized carbons (Fsp3) is 0.562. The van der Waals surface area contributed by atoms with Gasteiger partial charge in [0.05, 0.1) is 6.10 Å². The molecule has 0 bridgehead atoms. The number of rotatable bonds is 8. The second kappa shape index (κ2) is 8.59. The number of hydrogen-bond acceptors (Lipinski definition) is 3. The van der Waals surface area contributed by atoms with Gasteiger partial charge in [0.15, 0.2) is 0 Å². The van der Waals surface area contributed by atoms with Crippen molar-refractivity contribution in [3.05, 3.63) is 29.8 Å². The van der Waals surface area contributed by atoms with E-state index in [1.165, 1.54) is 0 Å². The van der Waals surface area contributed by atoms with Crippen LogP contribution in [-0.4, -0.2) is 31.3 Å². The highest BCUT2D eigenvalue weighted by molar-refractivity contribution is 5.80. The molecule has 0 fully saturated rings. The van der Waals surface area contributed by atoms with Crippen LogP contribution >= 0.6 is 0 Å². The first kappa shape index (κ1) is 16.5. The maximum atomic E-state index is 11.7. The molecule has 20 heavy (non-hydrogen) atoms. The molecule has 1 N–H and O–H groups in total. The summed E-state index contributed by atoms with van der Waals surface area (Å²) < 4.78 is 10.9. The largest absolute Gasteiger partial charge is 0.491 e. The van der Waals surface area contributed by atoms with Crippen molar-refractivity contribution >= 4 is 5.91 Å². The summed E-state index contributed by atoms with van der Waals surface area (Å²) in [6, 6.07) is 7.96. The molecule has 0 heterocycles. The summed E-state index contributed by atoms with van der Waals surface area (Å²) in [6.07, 6.45) is 0.549. The fourth-order valence-corrected chi connectivity index (χ4v) is 1.85. The predicted octanol–water partition coefficient (Wildman–Crippen LogP) is 2.56. The summed E-state index contributed by atoms with van der Waals surface area (Å²) in [4.78, 5) is 11.7. The second-order valence-corrected chi connectivity index (χ2v) is 4.95. The highest BCUT2D eigenvalue weighted by atomic mass is 16.5. The van der Waals surface area contributed by atoms with E-state index in [0.717, 1.165) is 17.7 Å². The Hall–Kier alpha value is -1.55. The van der Waals surface area contributed by atoms with Crippen LogP contribution in [0.4, 0.5) is 0 Å². The van der Waals surface area contributed by atoms with Crippen molar-refractivity contribution in [2.45, 2.75) is 46.3 Å². The van der Waals surface area contributed by atoms with Gasteiger partial charge in [-0.3, -0.25) is 4.79 Å². The van der Waals surface area contributed by atoms with Crippen LogP contribution in [-0.2, 0) is 16.0 Å². The topological polar surface area (TPSA) is 47.6 Å². The Labute approximate surface area is 121 Å². The minimum absolute atomic E-state index is 0.0681. The third-order valence-electron chi connectivity index (χ3n) is 2.77. The number of carbonyl (C=O) groups excluding carboxylic acids is 1. The first-order valence-corrected chi connectivity index (χ1v) is 7.17. The number of hydrogen-bond donors (Lipinski definition) is 1. The standard InChI is InChI=1S/C16H25NO3/c1-5-19-13(4)16(18)17-10-9-14-7-6-8-15(11-14)20-12(2)3/h6-8,11-13H,5,9-10H2,1-4H3,(H,17,18). The van der Waals surface area contributed by atoms with Crippen molar-refractivity contribution in [3.8, 4) is 5.75 Å². The molecule has 1 aromatic carbocycles. The first-order valence-electron chi connectivity index (χ1n) is 7.17. The van der Waals surface area contributed by atoms with E-state index < -0.39 is 6.10 Å². The maximum absolute atomic E-state index is 11.7. The molecule has 0 aliphatic rings. The lowest BCUT2D eigenvalue weighted by molar-refractivity contribution is -0.131. The summed E-state index contributed by atoms with van der Waals surface area (Å²) >= 11 is 0. The summed E-state index contributed by atoms with van der Waals surface area (Å²) in [5, 5.41) is 2.87. The van der Waals surface area contributed by atoms with E-state index in [-0.39, 0.29) is 12.0 Å². The molecule has 1 atom stereocenters. The van der Waals surface area contributed by atoms with Crippen molar-refractivity contribution in [2.24, 2.45) is 0 Å². The van der Waals surface area contributed by atoms with Crippen molar-refractivity contribution < 1.29 is 14.3 Å². The van der Waals surface area contributed by atoms with Crippen LogP contribution in [0.2, 0.25) is 0 Å². The molecule has 0 aromatic heterocycles. The molecule has 0 aliphatic carbocycles. The Morgan fingerprint density at radius 3 is 2.70 bits per heavy atom. The average Bonchev–Trinajstić information content (AvgIpc) is 2.38. The highest BCUT2D eigenvalue weighted by Crippen LogP contribution is 2.15. The summed E-state index contributed by atoms with van der Waals surface area (Å²) in [6.45, 7) is 8.79. The van der Waals surface area contributed by atoms with Gasteiger partial charge in [0.2, 0.25) is 5.91 Å². The van der Waals surface area contributed by atoms with Crippen molar-refractivity contribution in [1.82, 2.24) is 5.32 Å². The van der Waals surface area contributed by atoms with Crippen LogP contribution in [0.15, 0.2) is 24.3 Å². The highest BCUT2D eigenvalue weighted by Gasteiger charge is 2.11. The van der Waals surface area contributed by atoms with Gasteiger partial charge in [-0.15, -0.1) is 0 Å². The van der Waals surface area contributed by atoms with Crippen LogP contribution in [0.5, 0.6) is 5.75 Å². The molecule has 0 spiro atoms. The third kappa shape index (κ3) is 6.06. The smallest absolute Gasteiger partial charge is 0.248 e. The normalized spacial score (nSPS) is 12.2. The monoisotopic (exact) mass is 279 g/mol. The molecule has 0 aliphatic heterocycles. The average molecular weight is 279 g/mol. The molecule has 1 rings (SSSR count). The van der Waals surface area contributed by atoms with Crippen LogP contribution in [0.3, 0.4) is 0 Å². The van der Waals surface area contributed by atoms with Gasteiger partial charge in [-0.2, -0.15) is 0 Å².